The van der Waals surface area contributed by atoms with Crippen molar-refractivity contribution in [2.45, 2.75) is 32.6 Å². The molecule has 0 atom stereocenters. The van der Waals surface area contributed by atoms with Crippen LogP contribution in [0.15, 0.2) is 85.5 Å². The van der Waals surface area contributed by atoms with E-state index in [9.17, 15) is 9.59 Å². The first-order valence-corrected chi connectivity index (χ1v) is 11.7. The van der Waals surface area contributed by atoms with Gasteiger partial charge in [0.1, 0.15) is 17.2 Å². The highest BCUT2D eigenvalue weighted by Crippen LogP contribution is 2.25. The number of carbonyl (C=O) groups is 2. The van der Waals surface area contributed by atoms with E-state index in [2.05, 4.69) is 13.5 Å². The highest BCUT2D eigenvalue weighted by molar-refractivity contribution is 5.91. The average Bonchev–Trinajstić information content (AvgIpc) is 2.89. The first kappa shape index (κ1) is 25.6. The molecule has 182 valence electrons. The Hall–Kier alpha value is -4.06. The van der Waals surface area contributed by atoms with Gasteiger partial charge in [-0.1, -0.05) is 57.0 Å². The minimum Gasteiger partial charge on any atom is -0.494 e. The third-order valence-electron chi connectivity index (χ3n) is 5.20. The smallest absolute Gasteiger partial charge is 0.343 e. The topological polar surface area (TPSA) is 71.1 Å². The van der Waals surface area contributed by atoms with Crippen LogP contribution in [0.4, 0.5) is 0 Å². The Morgan fingerprint density at radius 2 is 1.31 bits per heavy atom. The molecule has 0 amide bonds. The molecule has 0 aromatic heterocycles. The highest BCUT2D eigenvalue weighted by Gasteiger charge is 2.10. The molecule has 0 saturated carbocycles. The molecule has 0 saturated heterocycles. The Morgan fingerprint density at radius 1 is 0.743 bits per heavy atom. The molecule has 0 heterocycles. The van der Waals surface area contributed by atoms with E-state index in [-0.39, 0.29) is 6.79 Å². The van der Waals surface area contributed by atoms with Crippen molar-refractivity contribution >= 4 is 11.9 Å². The number of ether oxygens (including phenoxy) is 4. The zero-order chi connectivity index (χ0) is 24.9. The molecule has 0 aliphatic carbocycles. The fourth-order valence-corrected chi connectivity index (χ4v) is 3.25. The molecule has 3 rings (SSSR count). The summed E-state index contributed by atoms with van der Waals surface area (Å²) in [5.41, 5.74) is 2.43. The standard InChI is InChI=1S/C29H30O6/c1-3-5-6-7-20-32-25-14-8-22(9-15-25)23-10-18-27(19-11-23)35-29(31)24-12-16-26(17-13-24)33-21-34-28(30)4-2/h4,8-19H,2-3,5-7,20-21H2,1H3. The van der Waals surface area contributed by atoms with Crippen LogP contribution in [0.3, 0.4) is 0 Å². The molecular formula is C29H30O6. The van der Waals surface area contributed by atoms with Crippen LogP contribution in [0.5, 0.6) is 17.2 Å². The molecule has 3 aromatic rings. The van der Waals surface area contributed by atoms with Crippen molar-refractivity contribution in [3.8, 4) is 28.4 Å². The summed E-state index contributed by atoms with van der Waals surface area (Å²) in [5, 5.41) is 0. The fraction of sp³-hybridized carbons (Fsp3) is 0.241. The third-order valence-corrected chi connectivity index (χ3v) is 5.20. The number of hydrogen-bond acceptors (Lipinski definition) is 6. The lowest BCUT2D eigenvalue weighted by Gasteiger charge is -2.09. The maximum Gasteiger partial charge on any atom is 0.343 e. The molecule has 3 aromatic carbocycles. The lowest BCUT2D eigenvalue weighted by atomic mass is 10.1. The summed E-state index contributed by atoms with van der Waals surface area (Å²) in [6.45, 7) is 6.00. The maximum atomic E-state index is 12.4. The van der Waals surface area contributed by atoms with E-state index >= 15 is 0 Å². The maximum absolute atomic E-state index is 12.4. The van der Waals surface area contributed by atoms with E-state index in [4.69, 9.17) is 18.9 Å². The summed E-state index contributed by atoms with van der Waals surface area (Å²) in [6.07, 6.45) is 5.77. The number of carbonyl (C=O) groups excluding carboxylic acids is 2. The molecule has 0 unspecified atom stereocenters. The van der Waals surface area contributed by atoms with Crippen molar-refractivity contribution in [1.82, 2.24) is 0 Å². The first-order chi connectivity index (χ1) is 17.1. The van der Waals surface area contributed by atoms with Crippen LogP contribution in [0.1, 0.15) is 43.0 Å². The quantitative estimate of drug-likeness (QED) is 0.0914. The van der Waals surface area contributed by atoms with E-state index in [1.165, 1.54) is 19.3 Å². The minimum absolute atomic E-state index is 0.240. The van der Waals surface area contributed by atoms with E-state index in [1.807, 2.05) is 36.4 Å². The van der Waals surface area contributed by atoms with Gasteiger partial charge >= 0.3 is 11.9 Å². The van der Waals surface area contributed by atoms with Crippen LogP contribution in [0.25, 0.3) is 11.1 Å². The number of benzene rings is 3. The Morgan fingerprint density at radius 3 is 1.91 bits per heavy atom. The molecule has 35 heavy (non-hydrogen) atoms. The predicted molar refractivity (Wildman–Crippen MR) is 135 cm³/mol. The molecule has 6 nitrogen and oxygen atoms in total. The lowest BCUT2D eigenvalue weighted by Crippen LogP contribution is -2.09. The average molecular weight is 475 g/mol. The van der Waals surface area contributed by atoms with Gasteiger partial charge in [0.05, 0.1) is 12.2 Å². The van der Waals surface area contributed by atoms with Gasteiger partial charge in [0, 0.05) is 6.08 Å². The summed E-state index contributed by atoms with van der Waals surface area (Å²) < 4.78 is 21.3. The lowest BCUT2D eigenvalue weighted by molar-refractivity contribution is -0.144. The molecule has 0 fully saturated rings. The second kappa shape index (κ2) is 13.6. The molecule has 6 heteroatoms. The van der Waals surface area contributed by atoms with Crippen molar-refractivity contribution in [3.05, 3.63) is 91.0 Å². The van der Waals surface area contributed by atoms with Crippen molar-refractivity contribution in [2.75, 3.05) is 13.4 Å². The Kier molecular flexibility index (Phi) is 9.93. The van der Waals surface area contributed by atoms with Crippen LogP contribution in [0.2, 0.25) is 0 Å². The van der Waals surface area contributed by atoms with Crippen LogP contribution in [0, 0.1) is 0 Å². The molecule has 0 bridgehead atoms. The highest BCUT2D eigenvalue weighted by atomic mass is 16.7. The SMILES string of the molecule is C=CC(=O)OCOc1ccc(C(=O)Oc2ccc(-c3ccc(OCCCCCC)cc3)cc2)cc1. The van der Waals surface area contributed by atoms with Gasteiger partial charge in [-0.3, -0.25) is 0 Å². The number of rotatable bonds is 13. The van der Waals surface area contributed by atoms with Gasteiger partial charge in [-0.15, -0.1) is 0 Å². The predicted octanol–water partition coefficient (Wildman–Crippen LogP) is 6.60. The summed E-state index contributed by atoms with van der Waals surface area (Å²) in [4.78, 5) is 23.5. The molecule has 0 aliphatic rings. The summed E-state index contributed by atoms with van der Waals surface area (Å²) in [6, 6.07) is 21.7. The van der Waals surface area contributed by atoms with Gasteiger partial charge in [0.2, 0.25) is 6.79 Å². The van der Waals surface area contributed by atoms with Gasteiger partial charge in [-0.05, 0) is 66.1 Å². The van der Waals surface area contributed by atoms with Crippen LogP contribution >= 0.6 is 0 Å². The van der Waals surface area contributed by atoms with E-state index in [0.717, 1.165) is 36.0 Å². The second-order valence-electron chi connectivity index (χ2n) is 7.80. The van der Waals surface area contributed by atoms with E-state index in [0.29, 0.717) is 17.1 Å². The summed E-state index contributed by atoms with van der Waals surface area (Å²) >= 11 is 0. The van der Waals surface area contributed by atoms with Crippen molar-refractivity contribution in [3.63, 3.8) is 0 Å². The second-order valence-corrected chi connectivity index (χ2v) is 7.80. The number of unbranched alkanes of at least 4 members (excludes halogenated alkanes) is 3. The largest absolute Gasteiger partial charge is 0.494 e. The van der Waals surface area contributed by atoms with Gasteiger partial charge in [0.25, 0.3) is 0 Å². The molecule has 0 spiro atoms. The molecule has 0 N–H and O–H groups in total. The third kappa shape index (κ3) is 8.34. The molecular weight excluding hydrogens is 444 g/mol. The zero-order valence-corrected chi connectivity index (χ0v) is 19.9. The van der Waals surface area contributed by atoms with Crippen LogP contribution in [-0.2, 0) is 9.53 Å². The Bertz CT molecular complexity index is 1090. The fourth-order valence-electron chi connectivity index (χ4n) is 3.25. The van der Waals surface area contributed by atoms with E-state index < -0.39 is 11.9 Å². The minimum atomic E-state index is -0.574. The normalized spacial score (nSPS) is 10.3. The zero-order valence-electron chi connectivity index (χ0n) is 19.9. The molecule has 0 aliphatic heterocycles. The molecule has 0 radical (unpaired) electrons. The van der Waals surface area contributed by atoms with Crippen molar-refractivity contribution in [1.29, 1.82) is 0 Å². The Labute approximate surface area is 206 Å². The number of hydrogen-bond donors (Lipinski definition) is 0. The van der Waals surface area contributed by atoms with Gasteiger partial charge < -0.3 is 18.9 Å². The summed E-state index contributed by atoms with van der Waals surface area (Å²) in [7, 11) is 0. The van der Waals surface area contributed by atoms with E-state index in [1.54, 1.807) is 36.4 Å². The summed E-state index contributed by atoms with van der Waals surface area (Å²) in [5.74, 6) is 0.710. The monoisotopic (exact) mass is 474 g/mol. The van der Waals surface area contributed by atoms with Gasteiger partial charge in [-0.25, -0.2) is 9.59 Å². The Balaban J connectivity index is 1.49. The van der Waals surface area contributed by atoms with Crippen LogP contribution in [-0.4, -0.2) is 25.3 Å². The van der Waals surface area contributed by atoms with Gasteiger partial charge in [0.15, 0.2) is 0 Å². The van der Waals surface area contributed by atoms with Crippen molar-refractivity contribution < 1.29 is 28.5 Å². The first-order valence-electron chi connectivity index (χ1n) is 11.7. The van der Waals surface area contributed by atoms with Gasteiger partial charge in [-0.2, -0.15) is 0 Å². The van der Waals surface area contributed by atoms with Crippen molar-refractivity contribution in [2.24, 2.45) is 0 Å². The number of esters is 2. The van der Waals surface area contributed by atoms with Crippen LogP contribution < -0.4 is 14.2 Å².